The van der Waals surface area contributed by atoms with Crippen molar-refractivity contribution in [1.82, 2.24) is 10.3 Å². The van der Waals surface area contributed by atoms with Crippen LogP contribution < -0.4 is 15.4 Å². The van der Waals surface area contributed by atoms with Crippen LogP contribution in [0.5, 0.6) is 5.75 Å². The lowest BCUT2D eigenvalue weighted by Gasteiger charge is -2.08. The number of nitrogens with one attached hydrogen (secondary N) is 2. The van der Waals surface area contributed by atoms with Crippen molar-refractivity contribution < 1.29 is 13.9 Å². The van der Waals surface area contributed by atoms with Crippen LogP contribution >= 0.6 is 0 Å². The number of pyridine rings is 1. The van der Waals surface area contributed by atoms with Crippen LogP contribution in [0.1, 0.15) is 21.5 Å². The SMILES string of the molecule is COc1cccc(CCNC(=O)c2ccc(NCc3ccc(F)cc3)nc2)c1. The Labute approximate surface area is 163 Å². The molecule has 0 fully saturated rings. The Hall–Kier alpha value is -3.41. The molecule has 0 aliphatic rings. The van der Waals surface area contributed by atoms with E-state index < -0.39 is 0 Å². The Balaban J connectivity index is 1.47. The first kappa shape index (κ1) is 19.4. The molecule has 3 rings (SSSR count). The summed E-state index contributed by atoms with van der Waals surface area (Å²) in [7, 11) is 1.63. The number of amides is 1. The largest absolute Gasteiger partial charge is 0.497 e. The van der Waals surface area contributed by atoms with Crippen LogP contribution in [0, 0.1) is 5.82 Å². The van der Waals surface area contributed by atoms with Crippen molar-refractivity contribution in [3.8, 4) is 5.75 Å². The molecule has 0 radical (unpaired) electrons. The Morgan fingerprint density at radius 2 is 1.89 bits per heavy atom. The van der Waals surface area contributed by atoms with Gasteiger partial charge in [0.1, 0.15) is 17.4 Å². The van der Waals surface area contributed by atoms with Crippen molar-refractivity contribution >= 4 is 11.7 Å². The number of carbonyl (C=O) groups excluding carboxylic acids is 1. The molecule has 0 spiro atoms. The molecular formula is C22H22FN3O2. The van der Waals surface area contributed by atoms with Crippen molar-refractivity contribution in [1.29, 1.82) is 0 Å². The normalized spacial score (nSPS) is 10.4. The van der Waals surface area contributed by atoms with E-state index in [1.807, 2.05) is 24.3 Å². The van der Waals surface area contributed by atoms with E-state index in [1.165, 1.54) is 18.3 Å². The minimum atomic E-state index is -0.261. The standard InChI is InChI=1S/C22H22FN3O2/c1-28-20-4-2-3-16(13-20)11-12-24-22(27)18-7-10-21(26-15-18)25-14-17-5-8-19(23)9-6-17/h2-10,13,15H,11-12,14H2,1H3,(H,24,27)(H,25,26). The van der Waals surface area contributed by atoms with Gasteiger partial charge in [-0.2, -0.15) is 0 Å². The number of ether oxygens (including phenoxy) is 1. The molecule has 28 heavy (non-hydrogen) atoms. The van der Waals surface area contributed by atoms with Gasteiger partial charge in [0.2, 0.25) is 0 Å². The number of hydrogen-bond donors (Lipinski definition) is 2. The molecule has 0 saturated carbocycles. The zero-order chi connectivity index (χ0) is 19.8. The predicted molar refractivity (Wildman–Crippen MR) is 107 cm³/mol. The third-order valence-corrected chi connectivity index (χ3v) is 4.25. The van der Waals surface area contributed by atoms with Crippen LogP contribution in [-0.2, 0) is 13.0 Å². The fraction of sp³-hybridized carbons (Fsp3) is 0.182. The van der Waals surface area contributed by atoms with Crippen LogP contribution in [-0.4, -0.2) is 24.5 Å². The van der Waals surface area contributed by atoms with E-state index in [9.17, 15) is 9.18 Å². The first-order chi connectivity index (χ1) is 13.6. The molecule has 0 aliphatic carbocycles. The van der Waals surface area contributed by atoms with E-state index in [1.54, 1.807) is 31.4 Å². The third kappa shape index (κ3) is 5.54. The molecule has 6 heteroatoms. The van der Waals surface area contributed by atoms with E-state index >= 15 is 0 Å². The smallest absolute Gasteiger partial charge is 0.252 e. The molecule has 2 aromatic carbocycles. The Morgan fingerprint density at radius 1 is 1.07 bits per heavy atom. The lowest BCUT2D eigenvalue weighted by Crippen LogP contribution is -2.25. The van der Waals surface area contributed by atoms with Gasteiger partial charge in [0.25, 0.3) is 5.91 Å². The molecule has 0 unspecified atom stereocenters. The van der Waals surface area contributed by atoms with Crippen LogP contribution in [0.25, 0.3) is 0 Å². The van der Waals surface area contributed by atoms with E-state index in [0.29, 0.717) is 30.9 Å². The number of rotatable bonds is 8. The molecule has 0 bridgehead atoms. The molecule has 3 aromatic rings. The molecular weight excluding hydrogens is 357 g/mol. The third-order valence-electron chi connectivity index (χ3n) is 4.25. The molecule has 5 nitrogen and oxygen atoms in total. The van der Waals surface area contributed by atoms with Crippen molar-refractivity contribution in [2.75, 3.05) is 19.0 Å². The second kappa shape index (κ2) is 9.50. The second-order valence-corrected chi connectivity index (χ2v) is 6.27. The van der Waals surface area contributed by atoms with Gasteiger partial charge >= 0.3 is 0 Å². The van der Waals surface area contributed by atoms with Crippen molar-refractivity contribution in [2.45, 2.75) is 13.0 Å². The Kier molecular flexibility index (Phi) is 6.57. The first-order valence-corrected chi connectivity index (χ1v) is 8.99. The summed E-state index contributed by atoms with van der Waals surface area (Å²) in [6, 6.07) is 17.5. The van der Waals surface area contributed by atoms with Gasteiger partial charge in [0.15, 0.2) is 0 Å². The molecule has 0 atom stereocenters. The summed E-state index contributed by atoms with van der Waals surface area (Å²) in [5.41, 5.74) is 2.54. The number of carbonyl (C=O) groups is 1. The molecule has 1 heterocycles. The average molecular weight is 379 g/mol. The summed E-state index contributed by atoms with van der Waals surface area (Å²) >= 11 is 0. The summed E-state index contributed by atoms with van der Waals surface area (Å²) < 4.78 is 18.1. The zero-order valence-corrected chi connectivity index (χ0v) is 15.6. The maximum Gasteiger partial charge on any atom is 0.252 e. The van der Waals surface area contributed by atoms with Gasteiger partial charge in [-0.3, -0.25) is 4.79 Å². The summed E-state index contributed by atoms with van der Waals surface area (Å²) in [6.45, 7) is 1.05. The molecule has 1 aromatic heterocycles. The fourth-order valence-corrected chi connectivity index (χ4v) is 2.68. The zero-order valence-electron chi connectivity index (χ0n) is 15.6. The lowest BCUT2D eigenvalue weighted by atomic mass is 10.1. The first-order valence-electron chi connectivity index (χ1n) is 8.99. The van der Waals surface area contributed by atoms with Crippen molar-refractivity contribution in [3.63, 3.8) is 0 Å². The lowest BCUT2D eigenvalue weighted by molar-refractivity contribution is 0.0954. The topological polar surface area (TPSA) is 63.2 Å². The van der Waals surface area contributed by atoms with Crippen LogP contribution in [0.3, 0.4) is 0 Å². The molecule has 1 amide bonds. The predicted octanol–water partition coefficient (Wildman–Crippen LogP) is 3.81. The van der Waals surface area contributed by atoms with Crippen molar-refractivity contribution in [2.24, 2.45) is 0 Å². The van der Waals surface area contributed by atoms with Gasteiger partial charge < -0.3 is 15.4 Å². The number of methoxy groups -OCH3 is 1. The molecule has 144 valence electrons. The van der Waals surface area contributed by atoms with Gasteiger partial charge in [-0.1, -0.05) is 24.3 Å². The molecule has 2 N–H and O–H groups in total. The van der Waals surface area contributed by atoms with E-state index in [-0.39, 0.29) is 11.7 Å². The summed E-state index contributed by atoms with van der Waals surface area (Å²) in [6.07, 6.45) is 2.25. The maximum atomic E-state index is 12.9. The van der Waals surface area contributed by atoms with Gasteiger partial charge in [-0.05, 0) is 53.9 Å². The minimum absolute atomic E-state index is 0.166. The highest BCUT2D eigenvalue weighted by Crippen LogP contribution is 2.13. The second-order valence-electron chi connectivity index (χ2n) is 6.27. The van der Waals surface area contributed by atoms with Gasteiger partial charge in [0.05, 0.1) is 12.7 Å². The van der Waals surface area contributed by atoms with E-state index in [2.05, 4.69) is 15.6 Å². The number of halogens is 1. The van der Waals surface area contributed by atoms with Crippen LogP contribution in [0.4, 0.5) is 10.2 Å². The highest BCUT2D eigenvalue weighted by atomic mass is 19.1. The van der Waals surface area contributed by atoms with E-state index in [0.717, 1.165) is 16.9 Å². The molecule has 0 aliphatic heterocycles. The van der Waals surface area contributed by atoms with Crippen LogP contribution in [0.2, 0.25) is 0 Å². The Morgan fingerprint density at radius 3 is 2.61 bits per heavy atom. The highest BCUT2D eigenvalue weighted by molar-refractivity contribution is 5.94. The summed E-state index contributed by atoms with van der Waals surface area (Å²) in [5, 5.41) is 6.04. The summed E-state index contributed by atoms with van der Waals surface area (Å²) in [4.78, 5) is 16.5. The quantitative estimate of drug-likeness (QED) is 0.625. The van der Waals surface area contributed by atoms with Crippen LogP contribution in [0.15, 0.2) is 66.9 Å². The van der Waals surface area contributed by atoms with Gasteiger partial charge in [0, 0.05) is 19.3 Å². The number of anilines is 1. The number of aromatic nitrogens is 1. The Bertz CT molecular complexity index is 912. The fourth-order valence-electron chi connectivity index (χ4n) is 2.68. The minimum Gasteiger partial charge on any atom is -0.497 e. The highest BCUT2D eigenvalue weighted by Gasteiger charge is 2.06. The summed E-state index contributed by atoms with van der Waals surface area (Å²) in [5.74, 6) is 1.03. The monoisotopic (exact) mass is 379 g/mol. The number of benzene rings is 2. The van der Waals surface area contributed by atoms with Gasteiger partial charge in [-0.15, -0.1) is 0 Å². The number of nitrogens with zero attached hydrogens (tertiary/aromatic N) is 1. The molecule has 0 saturated heterocycles. The maximum absolute atomic E-state index is 12.9. The number of hydrogen-bond acceptors (Lipinski definition) is 4. The van der Waals surface area contributed by atoms with Gasteiger partial charge in [-0.25, -0.2) is 9.37 Å². The van der Waals surface area contributed by atoms with Crippen molar-refractivity contribution in [3.05, 3.63) is 89.4 Å². The van der Waals surface area contributed by atoms with E-state index in [4.69, 9.17) is 4.74 Å². The average Bonchev–Trinajstić information content (AvgIpc) is 2.74.